The fourth-order valence-corrected chi connectivity index (χ4v) is 2.03. The van der Waals surface area contributed by atoms with Gasteiger partial charge in [-0.1, -0.05) is 30.3 Å². The summed E-state index contributed by atoms with van der Waals surface area (Å²) in [5, 5.41) is 2.47. The van der Waals surface area contributed by atoms with Gasteiger partial charge >= 0.3 is 0 Å². The number of nitrogens with two attached hydrogens (primary N) is 1. The lowest BCUT2D eigenvalue weighted by atomic mass is 10.1. The van der Waals surface area contributed by atoms with Crippen molar-refractivity contribution < 1.29 is 0 Å². The fraction of sp³-hybridized carbons (Fsp3) is 0.0714. The zero-order chi connectivity index (χ0) is 11.7. The molecule has 1 heterocycles. The second kappa shape index (κ2) is 4.03. The molecule has 0 aliphatic carbocycles. The van der Waals surface area contributed by atoms with Crippen molar-refractivity contribution in [3.63, 3.8) is 0 Å². The number of aromatic nitrogens is 2. The summed E-state index contributed by atoms with van der Waals surface area (Å²) >= 11 is 0. The van der Waals surface area contributed by atoms with E-state index in [4.69, 9.17) is 5.73 Å². The van der Waals surface area contributed by atoms with E-state index in [9.17, 15) is 0 Å². The van der Waals surface area contributed by atoms with Crippen LogP contribution in [0.25, 0.3) is 16.5 Å². The van der Waals surface area contributed by atoms with Gasteiger partial charge in [-0.05, 0) is 22.9 Å². The predicted octanol–water partition coefficient (Wildman–Crippen LogP) is 2.48. The van der Waals surface area contributed by atoms with E-state index in [0.717, 1.165) is 11.4 Å². The molecule has 0 saturated heterocycles. The Balaban J connectivity index is 2.18. The Morgan fingerprint density at radius 2 is 1.88 bits per heavy atom. The maximum Gasteiger partial charge on any atom is 0.0994 e. The zero-order valence-electron chi connectivity index (χ0n) is 9.38. The molecule has 0 bridgehead atoms. The Bertz CT molecular complexity index is 655. The van der Waals surface area contributed by atoms with Crippen LogP contribution in [0.3, 0.4) is 0 Å². The van der Waals surface area contributed by atoms with Gasteiger partial charge in [-0.2, -0.15) is 0 Å². The van der Waals surface area contributed by atoms with Gasteiger partial charge in [0, 0.05) is 18.4 Å². The molecule has 2 aromatic carbocycles. The van der Waals surface area contributed by atoms with Gasteiger partial charge in [-0.15, -0.1) is 0 Å². The third-order valence-electron chi connectivity index (χ3n) is 2.94. The lowest BCUT2D eigenvalue weighted by molar-refractivity contribution is 0.911. The molecular weight excluding hydrogens is 210 g/mol. The van der Waals surface area contributed by atoms with E-state index < -0.39 is 0 Å². The summed E-state index contributed by atoms with van der Waals surface area (Å²) in [6, 6.07) is 14.7. The van der Waals surface area contributed by atoms with Crippen molar-refractivity contribution >= 4 is 10.8 Å². The molecule has 0 unspecified atom stereocenters. The summed E-state index contributed by atoms with van der Waals surface area (Å²) in [5.74, 6) is 0. The van der Waals surface area contributed by atoms with Crippen molar-refractivity contribution in [1.82, 2.24) is 9.55 Å². The zero-order valence-corrected chi connectivity index (χ0v) is 9.38. The SMILES string of the molecule is NCc1cncn1-c1ccc2ccccc2c1. The van der Waals surface area contributed by atoms with E-state index in [1.807, 2.05) is 16.7 Å². The van der Waals surface area contributed by atoms with E-state index in [1.54, 1.807) is 12.5 Å². The van der Waals surface area contributed by atoms with Crippen LogP contribution in [0.15, 0.2) is 55.0 Å². The average molecular weight is 223 g/mol. The Kier molecular flexibility index (Phi) is 2.38. The lowest BCUT2D eigenvalue weighted by Gasteiger charge is -2.07. The van der Waals surface area contributed by atoms with Crippen LogP contribution < -0.4 is 5.73 Å². The molecule has 3 heteroatoms. The van der Waals surface area contributed by atoms with Crippen molar-refractivity contribution in [2.45, 2.75) is 6.54 Å². The summed E-state index contributed by atoms with van der Waals surface area (Å²) in [5.41, 5.74) is 7.80. The first-order valence-corrected chi connectivity index (χ1v) is 5.59. The van der Waals surface area contributed by atoms with Gasteiger partial charge in [-0.25, -0.2) is 4.98 Å². The van der Waals surface area contributed by atoms with E-state index in [2.05, 4.69) is 35.3 Å². The van der Waals surface area contributed by atoms with Crippen molar-refractivity contribution in [2.24, 2.45) is 5.73 Å². The van der Waals surface area contributed by atoms with Crippen LogP contribution >= 0.6 is 0 Å². The third kappa shape index (κ3) is 1.70. The Morgan fingerprint density at radius 3 is 2.71 bits per heavy atom. The van der Waals surface area contributed by atoms with Gasteiger partial charge < -0.3 is 10.3 Å². The number of hydrogen-bond acceptors (Lipinski definition) is 2. The van der Waals surface area contributed by atoms with E-state index in [1.165, 1.54) is 10.8 Å². The summed E-state index contributed by atoms with van der Waals surface area (Å²) < 4.78 is 2.02. The van der Waals surface area contributed by atoms with E-state index >= 15 is 0 Å². The first-order chi connectivity index (χ1) is 8.38. The molecule has 0 aliphatic rings. The summed E-state index contributed by atoms with van der Waals surface area (Å²) in [6.07, 6.45) is 3.60. The van der Waals surface area contributed by atoms with Crippen molar-refractivity contribution in [3.05, 3.63) is 60.7 Å². The Morgan fingerprint density at radius 1 is 1.06 bits per heavy atom. The van der Waals surface area contributed by atoms with Crippen LogP contribution in [0.2, 0.25) is 0 Å². The first-order valence-electron chi connectivity index (χ1n) is 5.59. The minimum absolute atomic E-state index is 0.493. The molecule has 0 atom stereocenters. The molecule has 1 aromatic heterocycles. The smallest absolute Gasteiger partial charge is 0.0994 e. The van der Waals surface area contributed by atoms with Gasteiger partial charge in [0.1, 0.15) is 0 Å². The molecule has 17 heavy (non-hydrogen) atoms. The van der Waals surface area contributed by atoms with Gasteiger partial charge in [0.05, 0.1) is 12.0 Å². The lowest BCUT2D eigenvalue weighted by Crippen LogP contribution is -2.04. The summed E-state index contributed by atoms with van der Waals surface area (Å²) in [7, 11) is 0. The van der Waals surface area contributed by atoms with Crippen molar-refractivity contribution in [2.75, 3.05) is 0 Å². The molecule has 0 aliphatic heterocycles. The molecule has 0 saturated carbocycles. The van der Waals surface area contributed by atoms with Gasteiger partial charge in [0.2, 0.25) is 0 Å². The minimum Gasteiger partial charge on any atom is -0.325 e. The summed E-state index contributed by atoms with van der Waals surface area (Å²) in [4.78, 5) is 4.13. The molecule has 2 N–H and O–H groups in total. The normalized spacial score (nSPS) is 10.9. The number of hydrogen-bond donors (Lipinski definition) is 1. The van der Waals surface area contributed by atoms with Crippen LogP contribution in [0.5, 0.6) is 0 Å². The van der Waals surface area contributed by atoms with Crippen LogP contribution in [-0.2, 0) is 6.54 Å². The number of fused-ring (bicyclic) bond motifs is 1. The Hall–Kier alpha value is -2.13. The highest BCUT2D eigenvalue weighted by atomic mass is 15.1. The third-order valence-corrected chi connectivity index (χ3v) is 2.94. The van der Waals surface area contributed by atoms with Crippen LogP contribution in [0, 0.1) is 0 Å². The summed E-state index contributed by atoms with van der Waals surface area (Å²) in [6.45, 7) is 0.493. The second-order valence-corrected chi connectivity index (χ2v) is 3.99. The Labute approximate surface area is 99.5 Å². The topological polar surface area (TPSA) is 43.8 Å². The molecule has 0 fully saturated rings. The van der Waals surface area contributed by atoms with E-state index in [0.29, 0.717) is 6.54 Å². The molecule has 3 rings (SSSR count). The van der Waals surface area contributed by atoms with Crippen LogP contribution in [0.4, 0.5) is 0 Å². The highest BCUT2D eigenvalue weighted by Crippen LogP contribution is 2.19. The minimum atomic E-state index is 0.493. The van der Waals surface area contributed by atoms with Crippen molar-refractivity contribution in [1.29, 1.82) is 0 Å². The van der Waals surface area contributed by atoms with Crippen LogP contribution in [0.1, 0.15) is 5.69 Å². The predicted molar refractivity (Wildman–Crippen MR) is 69.0 cm³/mol. The van der Waals surface area contributed by atoms with Crippen LogP contribution in [-0.4, -0.2) is 9.55 Å². The number of imidazole rings is 1. The molecule has 84 valence electrons. The number of rotatable bonds is 2. The standard InChI is InChI=1S/C14H13N3/c15-8-14-9-16-10-17(14)13-6-5-11-3-1-2-4-12(11)7-13/h1-7,9-10H,8,15H2. The molecule has 0 amide bonds. The molecule has 0 spiro atoms. The maximum absolute atomic E-state index is 5.68. The average Bonchev–Trinajstić information content (AvgIpc) is 2.86. The monoisotopic (exact) mass is 223 g/mol. The number of benzene rings is 2. The van der Waals surface area contributed by atoms with E-state index in [-0.39, 0.29) is 0 Å². The highest BCUT2D eigenvalue weighted by molar-refractivity contribution is 5.84. The largest absolute Gasteiger partial charge is 0.325 e. The molecule has 3 nitrogen and oxygen atoms in total. The molecular formula is C14H13N3. The van der Waals surface area contributed by atoms with Gasteiger partial charge in [0.25, 0.3) is 0 Å². The first kappa shape index (κ1) is 10.1. The highest BCUT2D eigenvalue weighted by Gasteiger charge is 2.03. The maximum atomic E-state index is 5.68. The quantitative estimate of drug-likeness (QED) is 0.725. The van der Waals surface area contributed by atoms with Crippen molar-refractivity contribution in [3.8, 4) is 5.69 Å². The fourth-order valence-electron chi connectivity index (χ4n) is 2.03. The van der Waals surface area contributed by atoms with Gasteiger partial charge in [-0.3, -0.25) is 0 Å². The van der Waals surface area contributed by atoms with Gasteiger partial charge in [0.15, 0.2) is 0 Å². The molecule has 3 aromatic rings. The number of nitrogens with zero attached hydrogens (tertiary/aromatic N) is 2. The molecule has 0 radical (unpaired) electrons. The second-order valence-electron chi connectivity index (χ2n) is 3.99.